The molecule has 6 nitrogen and oxygen atoms in total. The van der Waals surface area contributed by atoms with Gasteiger partial charge in [0, 0.05) is 22.5 Å². The van der Waals surface area contributed by atoms with Gasteiger partial charge in [0.05, 0.1) is 18.0 Å². The van der Waals surface area contributed by atoms with Gasteiger partial charge in [-0.25, -0.2) is 4.79 Å². The SMILES string of the molecule is CCOc1ccc(Cl)cc1NC(=O)c1ccc(-n2c(C)c[nH]c2=O)cc1. The number of H-pyrrole nitrogens is 1. The zero-order valence-electron chi connectivity index (χ0n) is 14.4. The molecule has 1 heterocycles. The molecule has 0 bridgehead atoms. The van der Waals surface area contributed by atoms with Crippen LogP contribution in [0.15, 0.2) is 53.5 Å². The lowest BCUT2D eigenvalue weighted by molar-refractivity contribution is 0.102. The van der Waals surface area contributed by atoms with Crippen LogP contribution in [0.25, 0.3) is 5.69 Å². The van der Waals surface area contributed by atoms with Crippen LogP contribution < -0.4 is 15.7 Å². The third kappa shape index (κ3) is 3.65. The summed E-state index contributed by atoms with van der Waals surface area (Å²) in [6.07, 6.45) is 1.64. The summed E-state index contributed by atoms with van der Waals surface area (Å²) in [6.45, 7) is 4.17. The lowest BCUT2D eigenvalue weighted by Crippen LogP contribution is -2.16. The van der Waals surface area contributed by atoms with Gasteiger partial charge in [0.1, 0.15) is 5.75 Å². The zero-order valence-corrected chi connectivity index (χ0v) is 15.1. The normalized spacial score (nSPS) is 10.6. The zero-order chi connectivity index (χ0) is 18.7. The molecule has 26 heavy (non-hydrogen) atoms. The molecule has 1 amide bonds. The number of rotatable bonds is 5. The van der Waals surface area contributed by atoms with Crippen molar-refractivity contribution in [3.05, 3.63) is 75.4 Å². The quantitative estimate of drug-likeness (QED) is 0.716. The number of halogens is 1. The van der Waals surface area contributed by atoms with Gasteiger partial charge in [-0.15, -0.1) is 0 Å². The van der Waals surface area contributed by atoms with Crippen LogP contribution in [0.3, 0.4) is 0 Å². The minimum atomic E-state index is -0.294. The minimum Gasteiger partial charge on any atom is -0.492 e. The Kier molecular flexibility index (Phi) is 5.14. The first-order valence-corrected chi connectivity index (χ1v) is 8.48. The number of nitrogens with zero attached hydrogens (tertiary/aromatic N) is 1. The Morgan fingerprint density at radius 3 is 2.58 bits per heavy atom. The number of aromatic amines is 1. The maximum absolute atomic E-state index is 12.5. The van der Waals surface area contributed by atoms with Gasteiger partial charge in [0.25, 0.3) is 5.91 Å². The molecule has 0 spiro atoms. The van der Waals surface area contributed by atoms with Gasteiger partial charge in [0.2, 0.25) is 0 Å². The number of carbonyl (C=O) groups is 1. The first-order chi connectivity index (χ1) is 12.5. The summed E-state index contributed by atoms with van der Waals surface area (Å²) in [5.74, 6) is 0.259. The Hall–Kier alpha value is -2.99. The van der Waals surface area contributed by atoms with Crippen LogP contribution in [0.4, 0.5) is 5.69 Å². The fourth-order valence-electron chi connectivity index (χ4n) is 2.61. The molecular weight excluding hydrogens is 354 g/mol. The summed E-state index contributed by atoms with van der Waals surface area (Å²) >= 11 is 6.01. The second-order valence-corrected chi connectivity index (χ2v) is 6.08. The average molecular weight is 372 g/mol. The third-order valence-corrected chi connectivity index (χ3v) is 4.07. The number of ether oxygens (including phenoxy) is 1. The molecule has 2 aromatic carbocycles. The molecule has 0 aliphatic rings. The number of amides is 1. The summed E-state index contributed by atoms with van der Waals surface area (Å²) in [7, 11) is 0. The molecular formula is C19H18ClN3O3. The number of aryl methyl sites for hydroxylation is 1. The maximum Gasteiger partial charge on any atom is 0.330 e. The van der Waals surface area contributed by atoms with Crippen molar-refractivity contribution in [3.8, 4) is 11.4 Å². The van der Waals surface area contributed by atoms with Gasteiger partial charge in [-0.05, 0) is 56.3 Å². The van der Waals surface area contributed by atoms with Crippen molar-refractivity contribution in [2.24, 2.45) is 0 Å². The van der Waals surface area contributed by atoms with E-state index in [4.69, 9.17) is 16.3 Å². The molecule has 2 N–H and O–H groups in total. The second kappa shape index (κ2) is 7.49. The van der Waals surface area contributed by atoms with Crippen molar-refractivity contribution in [1.29, 1.82) is 0 Å². The summed E-state index contributed by atoms with van der Waals surface area (Å²) < 4.78 is 7.04. The van der Waals surface area contributed by atoms with Crippen molar-refractivity contribution >= 4 is 23.2 Å². The highest BCUT2D eigenvalue weighted by molar-refractivity contribution is 6.31. The average Bonchev–Trinajstić information content (AvgIpc) is 2.96. The Morgan fingerprint density at radius 1 is 1.23 bits per heavy atom. The highest BCUT2D eigenvalue weighted by Gasteiger charge is 2.12. The Labute approximate surface area is 155 Å². The van der Waals surface area contributed by atoms with Crippen LogP contribution in [0.2, 0.25) is 5.02 Å². The molecule has 0 unspecified atom stereocenters. The van der Waals surface area contributed by atoms with Gasteiger partial charge in [0.15, 0.2) is 0 Å². The van der Waals surface area contributed by atoms with Crippen LogP contribution in [0.1, 0.15) is 23.0 Å². The van der Waals surface area contributed by atoms with E-state index in [2.05, 4.69) is 10.3 Å². The molecule has 7 heteroatoms. The number of aromatic nitrogens is 2. The van der Waals surface area contributed by atoms with Gasteiger partial charge in [-0.2, -0.15) is 0 Å². The molecule has 0 aliphatic carbocycles. The van der Waals surface area contributed by atoms with Crippen molar-refractivity contribution in [3.63, 3.8) is 0 Å². The van der Waals surface area contributed by atoms with E-state index in [0.29, 0.717) is 34.3 Å². The van der Waals surface area contributed by atoms with Crippen LogP contribution in [0.5, 0.6) is 5.75 Å². The molecule has 0 saturated carbocycles. The largest absolute Gasteiger partial charge is 0.492 e. The molecule has 0 saturated heterocycles. The maximum atomic E-state index is 12.5. The summed E-state index contributed by atoms with van der Waals surface area (Å²) in [4.78, 5) is 27.0. The first kappa shape index (κ1) is 17.8. The monoisotopic (exact) mass is 371 g/mol. The molecule has 0 fully saturated rings. The topological polar surface area (TPSA) is 76.1 Å². The molecule has 3 aromatic rings. The highest BCUT2D eigenvalue weighted by Crippen LogP contribution is 2.28. The lowest BCUT2D eigenvalue weighted by Gasteiger charge is -2.12. The molecule has 0 radical (unpaired) electrons. The van der Waals surface area contributed by atoms with E-state index in [-0.39, 0.29) is 11.6 Å². The summed E-state index contributed by atoms with van der Waals surface area (Å²) in [5.41, 5.74) is 2.21. The number of nitrogens with one attached hydrogen (secondary N) is 2. The fraction of sp³-hybridized carbons (Fsp3) is 0.158. The van der Waals surface area contributed by atoms with Crippen molar-refractivity contribution in [1.82, 2.24) is 9.55 Å². The number of hydrogen-bond acceptors (Lipinski definition) is 3. The van der Waals surface area contributed by atoms with Crippen LogP contribution in [0, 0.1) is 6.92 Å². The summed E-state index contributed by atoms with van der Waals surface area (Å²) in [6, 6.07) is 11.8. The van der Waals surface area contributed by atoms with Gasteiger partial charge in [-0.3, -0.25) is 9.36 Å². The highest BCUT2D eigenvalue weighted by atomic mass is 35.5. The third-order valence-electron chi connectivity index (χ3n) is 3.84. The standard InChI is InChI=1S/C19H18ClN3O3/c1-3-26-17-9-6-14(20)10-16(17)22-18(24)13-4-7-15(8-5-13)23-12(2)11-21-19(23)25/h4-11H,3H2,1-2H3,(H,21,25)(H,22,24). The van der Waals surface area contributed by atoms with E-state index < -0.39 is 0 Å². The second-order valence-electron chi connectivity index (χ2n) is 5.65. The van der Waals surface area contributed by atoms with E-state index in [0.717, 1.165) is 5.69 Å². The minimum absolute atomic E-state index is 0.222. The fourth-order valence-corrected chi connectivity index (χ4v) is 2.79. The predicted molar refractivity (Wildman–Crippen MR) is 102 cm³/mol. The summed E-state index contributed by atoms with van der Waals surface area (Å²) in [5, 5.41) is 3.31. The number of hydrogen-bond donors (Lipinski definition) is 2. The Morgan fingerprint density at radius 2 is 1.96 bits per heavy atom. The molecule has 1 aromatic heterocycles. The molecule has 3 rings (SSSR count). The van der Waals surface area contributed by atoms with Gasteiger partial charge >= 0.3 is 5.69 Å². The van der Waals surface area contributed by atoms with Gasteiger partial charge < -0.3 is 15.0 Å². The first-order valence-electron chi connectivity index (χ1n) is 8.10. The van der Waals surface area contributed by atoms with Gasteiger partial charge in [-0.1, -0.05) is 11.6 Å². The predicted octanol–water partition coefficient (Wildman–Crippen LogP) is 3.78. The Bertz CT molecular complexity index is 990. The number of carbonyl (C=O) groups excluding carboxylic acids is 1. The van der Waals surface area contributed by atoms with Crippen molar-refractivity contribution in [2.45, 2.75) is 13.8 Å². The van der Waals surface area contributed by atoms with E-state index >= 15 is 0 Å². The number of imidazole rings is 1. The van der Waals surface area contributed by atoms with E-state index in [1.165, 1.54) is 4.57 Å². The molecule has 134 valence electrons. The molecule has 0 aliphatic heterocycles. The van der Waals surface area contributed by atoms with Crippen LogP contribution >= 0.6 is 11.6 Å². The van der Waals surface area contributed by atoms with Crippen LogP contribution in [-0.2, 0) is 0 Å². The van der Waals surface area contributed by atoms with E-state index in [9.17, 15) is 9.59 Å². The van der Waals surface area contributed by atoms with E-state index in [1.54, 1.807) is 48.7 Å². The molecule has 0 atom stereocenters. The number of anilines is 1. The number of benzene rings is 2. The lowest BCUT2D eigenvalue weighted by atomic mass is 10.2. The van der Waals surface area contributed by atoms with Crippen molar-refractivity contribution in [2.75, 3.05) is 11.9 Å². The smallest absolute Gasteiger partial charge is 0.330 e. The van der Waals surface area contributed by atoms with Crippen molar-refractivity contribution < 1.29 is 9.53 Å². The Balaban J connectivity index is 1.83. The van der Waals surface area contributed by atoms with E-state index in [1.807, 2.05) is 13.8 Å². The van der Waals surface area contributed by atoms with Crippen LogP contribution in [-0.4, -0.2) is 22.1 Å².